The van der Waals surface area contributed by atoms with Crippen LogP contribution in [0.4, 0.5) is 13.2 Å². The van der Waals surface area contributed by atoms with Gasteiger partial charge in [-0.05, 0) is 12.8 Å². The summed E-state index contributed by atoms with van der Waals surface area (Å²) in [5.41, 5.74) is 3.84. The predicted octanol–water partition coefficient (Wildman–Crippen LogP) is 3.18. The molecule has 2 rings (SSSR count). The van der Waals surface area contributed by atoms with Gasteiger partial charge in [-0.15, -0.1) is 0 Å². The largest absolute Gasteiger partial charge is 0.326 e. The first-order chi connectivity index (χ1) is 7.42. The number of alkyl halides is 2. The van der Waals surface area contributed by atoms with Gasteiger partial charge in [0.2, 0.25) is 0 Å². The van der Waals surface area contributed by atoms with Crippen LogP contribution in [-0.2, 0) is 12.5 Å². The number of halogens is 3. The van der Waals surface area contributed by atoms with E-state index in [1.165, 1.54) is 19.1 Å². The minimum atomic E-state index is -3.11. The van der Waals surface area contributed by atoms with Gasteiger partial charge in [-0.25, -0.2) is 13.2 Å². The highest BCUT2D eigenvalue weighted by atomic mass is 19.3. The van der Waals surface area contributed by atoms with E-state index in [0.717, 1.165) is 6.07 Å². The van der Waals surface area contributed by atoms with E-state index in [0.29, 0.717) is 12.8 Å². The van der Waals surface area contributed by atoms with Crippen LogP contribution in [-0.4, -0.2) is 0 Å². The first-order valence-corrected chi connectivity index (χ1v) is 5.28. The van der Waals surface area contributed by atoms with Gasteiger partial charge in [0.15, 0.2) is 0 Å². The van der Waals surface area contributed by atoms with Gasteiger partial charge in [-0.1, -0.05) is 25.1 Å². The van der Waals surface area contributed by atoms with Crippen molar-refractivity contribution in [2.45, 2.75) is 32.2 Å². The topological polar surface area (TPSA) is 26.0 Å². The van der Waals surface area contributed by atoms with Crippen molar-refractivity contribution >= 4 is 0 Å². The number of benzene rings is 1. The molecular formula is C12H14F3N. The zero-order valence-electron chi connectivity index (χ0n) is 9.06. The summed E-state index contributed by atoms with van der Waals surface area (Å²) in [6.07, 6.45) is 0.874. The summed E-state index contributed by atoms with van der Waals surface area (Å²) in [7, 11) is 0. The summed E-state index contributed by atoms with van der Waals surface area (Å²) in [4.78, 5) is 0. The Bertz CT molecular complexity index is 411. The fraction of sp³-hybridized carbons (Fsp3) is 0.500. The summed E-state index contributed by atoms with van der Waals surface area (Å²) in [5, 5.41) is 0. The number of rotatable bonds is 3. The molecule has 0 unspecified atom stereocenters. The van der Waals surface area contributed by atoms with Crippen molar-refractivity contribution in [3.05, 3.63) is 35.1 Å². The van der Waals surface area contributed by atoms with Crippen molar-refractivity contribution in [3.63, 3.8) is 0 Å². The first kappa shape index (κ1) is 11.5. The van der Waals surface area contributed by atoms with Crippen LogP contribution in [0.3, 0.4) is 0 Å². The lowest BCUT2D eigenvalue weighted by Crippen LogP contribution is -2.26. The smallest absolute Gasteiger partial charge is 0.281 e. The van der Waals surface area contributed by atoms with E-state index in [1.807, 2.05) is 0 Å². The third-order valence-corrected chi connectivity index (χ3v) is 3.39. The lowest BCUT2D eigenvalue weighted by atomic mass is 9.92. The summed E-state index contributed by atoms with van der Waals surface area (Å²) in [6, 6.07) is 4.02. The standard InChI is InChI=1S/C12H14F3N/c1-11(5-6-11)12(14,15)9-4-2-3-8(7-16)10(9)13/h2-4H,5-7,16H2,1H3. The normalized spacial score (nSPS) is 18.6. The minimum Gasteiger partial charge on any atom is -0.326 e. The van der Waals surface area contributed by atoms with Gasteiger partial charge in [0.1, 0.15) is 5.82 Å². The van der Waals surface area contributed by atoms with Crippen molar-refractivity contribution in [2.24, 2.45) is 11.1 Å². The van der Waals surface area contributed by atoms with E-state index in [-0.39, 0.29) is 12.1 Å². The Morgan fingerprint density at radius 3 is 2.50 bits per heavy atom. The Kier molecular flexibility index (Phi) is 2.49. The molecule has 0 aliphatic heterocycles. The average Bonchev–Trinajstić information content (AvgIpc) is 2.98. The molecule has 0 atom stereocenters. The average molecular weight is 229 g/mol. The highest BCUT2D eigenvalue weighted by Crippen LogP contribution is 2.61. The highest BCUT2D eigenvalue weighted by molar-refractivity contribution is 5.32. The first-order valence-electron chi connectivity index (χ1n) is 5.28. The molecule has 0 radical (unpaired) electrons. The second-order valence-electron chi connectivity index (χ2n) is 4.62. The molecule has 1 nitrogen and oxygen atoms in total. The summed E-state index contributed by atoms with van der Waals surface area (Å²) < 4.78 is 41.8. The molecule has 2 N–H and O–H groups in total. The molecule has 1 aliphatic carbocycles. The third kappa shape index (κ3) is 1.52. The van der Waals surface area contributed by atoms with Crippen molar-refractivity contribution in [1.82, 2.24) is 0 Å². The summed E-state index contributed by atoms with van der Waals surface area (Å²) >= 11 is 0. The van der Waals surface area contributed by atoms with Gasteiger partial charge >= 0.3 is 0 Å². The van der Waals surface area contributed by atoms with Gasteiger partial charge in [0.25, 0.3) is 5.92 Å². The van der Waals surface area contributed by atoms with Crippen LogP contribution in [0.5, 0.6) is 0 Å². The zero-order chi connectivity index (χ0) is 12.0. The molecule has 4 heteroatoms. The maximum Gasteiger partial charge on any atom is 0.281 e. The molecule has 16 heavy (non-hydrogen) atoms. The summed E-state index contributed by atoms with van der Waals surface area (Å²) in [6.45, 7) is 1.42. The summed E-state index contributed by atoms with van der Waals surface area (Å²) in [5.74, 6) is -3.97. The van der Waals surface area contributed by atoms with E-state index >= 15 is 0 Å². The maximum atomic E-state index is 14.0. The molecule has 0 amide bonds. The van der Waals surface area contributed by atoms with E-state index in [2.05, 4.69) is 0 Å². The Morgan fingerprint density at radius 1 is 1.38 bits per heavy atom. The van der Waals surface area contributed by atoms with Gasteiger partial charge in [-0.3, -0.25) is 0 Å². The minimum absolute atomic E-state index is 0.0630. The molecule has 1 aromatic carbocycles. The fourth-order valence-corrected chi connectivity index (χ4v) is 1.81. The lowest BCUT2D eigenvalue weighted by Gasteiger charge is -2.24. The Balaban J connectivity index is 2.48. The number of hydrogen-bond acceptors (Lipinski definition) is 1. The molecule has 1 saturated carbocycles. The van der Waals surface area contributed by atoms with Crippen LogP contribution in [0, 0.1) is 11.2 Å². The molecule has 0 saturated heterocycles. The Morgan fingerprint density at radius 2 is 2.00 bits per heavy atom. The molecule has 1 aliphatic rings. The van der Waals surface area contributed by atoms with E-state index in [1.54, 1.807) is 0 Å². The number of hydrogen-bond donors (Lipinski definition) is 1. The van der Waals surface area contributed by atoms with Gasteiger partial charge in [-0.2, -0.15) is 0 Å². The van der Waals surface area contributed by atoms with Gasteiger partial charge in [0.05, 0.1) is 5.56 Å². The second kappa shape index (κ2) is 3.48. The molecule has 0 aromatic heterocycles. The lowest BCUT2D eigenvalue weighted by molar-refractivity contribution is -0.0753. The molecule has 0 spiro atoms. The predicted molar refractivity (Wildman–Crippen MR) is 55.5 cm³/mol. The maximum absolute atomic E-state index is 14.0. The van der Waals surface area contributed by atoms with Crippen LogP contribution in [0.1, 0.15) is 30.9 Å². The van der Waals surface area contributed by atoms with Crippen LogP contribution in [0.15, 0.2) is 18.2 Å². The molecule has 1 fully saturated rings. The van der Waals surface area contributed by atoms with E-state index < -0.39 is 22.7 Å². The van der Waals surface area contributed by atoms with Crippen molar-refractivity contribution in [1.29, 1.82) is 0 Å². The molecular weight excluding hydrogens is 215 g/mol. The van der Waals surface area contributed by atoms with Crippen molar-refractivity contribution < 1.29 is 13.2 Å². The van der Waals surface area contributed by atoms with Crippen LogP contribution in [0.25, 0.3) is 0 Å². The van der Waals surface area contributed by atoms with Crippen LogP contribution >= 0.6 is 0 Å². The van der Waals surface area contributed by atoms with Crippen molar-refractivity contribution in [3.8, 4) is 0 Å². The molecule has 0 bridgehead atoms. The van der Waals surface area contributed by atoms with Gasteiger partial charge in [0, 0.05) is 17.5 Å². The molecule has 88 valence electrons. The number of nitrogens with two attached hydrogens (primary N) is 1. The SMILES string of the molecule is CC1(C(F)(F)c2cccc(CN)c2F)CC1. The third-order valence-electron chi connectivity index (χ3n) is 3.39. The fourth-order valence-electron chi connectivity index (χ4n) is 1.81. The Hall–Kier alpha value is -1.03. The van der Waals surface area contributed by atoms with Gasteiger partial charge < -0.3 is 5.73 Å². The van der Waals surface area contributed by atoms with E-state index in [9.17, 15) is 13.2 Å². The van der Waals surface area contributed by atoms with E-state index in [4.69, 9.17) is 5.73 Å². The molecule has 1 aromatic rings. The van der Waals surface area contributed by atoms with Crippen LogP contribution in [0.2, 0.25) is 0 Å². The van der Waals surface area contributed by atoms with Crippen molar-refractivity contribution in [2.75, 3.05) is 0 Å². The highest BCUT2D eigenvalue weighted by Gasteiger charge is 2.60. The monoisotopic (exact) mass is 229 g/mol. The van der Waals surface area contributed by atoms with Crippen LogP contribution < -0.4 is 5.73 Å². The zero-order valence-corrected chi connectivity index (χ0v) is 9.06. The quantitative estimate of drug-likeness (QED) is 0.846. The Labute approximate surface area is 92.5 Å². The second-order valence-corrected chi connectivity index (χ2v) is 4.62. The molecule has 0 heterocycles.